The van der Waals surface area contributed by atoms with Crippen molar-refractivity contribution in [3.8, 4) is 0 Å². The summed E-state index contributed by atoms with van der Waals surface area (Å²) in [7, 11) is 0. The van der Waals surface area contributed by atoms with Crippen LogP contribution in [0.1, 0.15) is 38.3 Å². The second kappa shape index (κ2) is 6.50. The minimum Gasteiger partial charge on any atom is -0.328 e. The number of halogens is 1. The molecular formula is C18H19ClN4OS. The largest absolute Gasteiger partial charge is 0.328 e. The molecule has 0 saturated carbocycles. The van der Waals surface area contributed by atoms with Gasteiger partial charge in [-0.15, -0.1) is 5.10 Å². The highest BCUT2D eigenvalue weighted by Gasteiger charge is 2.38. The fourth-order valence-electron chi connectivity index (χ4n) is 3.56. The molecule has 1 aromatic carbocycles. The van der Waals surface area contributed by atoms with Crippen LogP contribution in [0, 0.1) is 5.92 Å². The first kappa shape index (κ1) is 16.7. The molecule has 1 aromatic heterocycles. The third-order valence-corrected chi connectivity index (χ3v) is 5.50. The lowest BCUT2D eigenvalue weighted by molar-refractivity contribution is -0.117. The Kier molecular flexibility index (Phi) is 4.33. The third kappa shape index (κ3) is 2.98. The van der Waals surface area contributed by atoms with Crippen LogP contribution < -0.4 is 5.32 Å². The molecule has 2 atom stereocenters. The number of carbonyl (C=O) groups excluding carboxylic acids is 1. The molecule has 1 aliphatic heterocycles. The number of thioether (sulfide) groups is 1. The Balaban J connectivity index is 1.88. The minimum atomic E-state index is -0.274. The molecule has 0 saturated heterocycles. The number of carbonyl (C=O) groups is 1. The Bertz CT molecular complexity index is 876. The fraction of sp³-hybridized carbons (Fsp3) is 0.389. The Hall–Kier alpha value is -1.79. The Morgan fingerprint density at radius 1 is 1.40 bits per heavy atom. The van der Waals surface area contributed by atoms with Crippen molar-refractivity contribution in [2.75, 3.05) is 11.1 Å². The zero-order valence-corrected chi connectivity index (χ0v) is 15.7. The van der Waals surface area contributed by atoms with Crippen LogP contribution in [0.4, 0.5) is 5.95 Å². The zero-order valence-electron chi connectivity index (χ0n) is 14.1. The summed E-state index contributed by atoms with van der Waals surface area (Å²) in [6.07, 6.45) is 1.42. The number of Topliss-reactive ketones (excluding diaryl/α,β-unsaturated/α-hetero) is 1. The van der Waals surface area contributed by atoms with E-state index in [0.717, 1.165) is 34.2 Å². The summed E-state index contributed by atoms with van der Waals surface area (Å²) in [5.74, 6) is 2.10. The molecule has 25 heavy (non-hydrogen) atoms. The van der Waals surface area contributed by atoms with Crippen LogP contribution in [0.15, 0.2) is 40.7 Å². The number of ketones is 1. The van der Waals surface area contributed by atoms with E-state index in [1.807, 2.05) is 28.9 Å². The number of benzene rings is 1. The molecule has 0 spiro atoms. The van der Waals surface area contributed by atoms with Gasteiger partial charge in [0, 0.05) is 22.7 Å². The number of rotatable bonds is 3. The summed E-state index contributed by atoms with van der Waals surface area (Å²) in [6, 6.07) is 7.38. The molecule has 0 bridgehead atoms. The first-order chi connectivity index (χ1) is 12.1. The van der Waals surface area contributed by atoms with Gasteiger partial charge in [0.15, 0.2) is 5.78 Å². The van der Waals surface area contributed by atoms with Crippen LogP contribution in [0.3, 0.4) is 0 Å². The topological polar surface area (TPSA) is 59.8 Å². The van der Waals surface area contributed by atoms with Crippen LogP contribution in [0.2, 0.25) is 5.02 Å². The molecule has 2 aliphatic rings. The molecular weight excluding hydrogens is 356 g/mol. The molecule has 0 amide bonds. The number of allylic oxidation sites excluding steroid dienone is 2. The van der Waals surface area contributed by atoms with E-state index in [-0.39, 0.29) is 11.8 Å². The van der Waals surface area contributed by atoms with Gasteiger partial charge in [0.1, 0.15) is 6.04 Å². The Morgan fingerprint density at radius 2 is 2.24 bits per heavy atom. The smallest absolute Gasteiger partial charge is 0.227 e. The normalized spacial score (nSPS) is 22.4. The van der Waals surface area contributed by atoms with Crippen molar-refractivity contribution in [1.29, 1.82) is 0 Å². The van der Waals surface area contributed by atoms with E-state index >= 15 is 0 Å². The highest BCUT2D eigenvalue weighted by molar-refractivity contribution is 7.99. The van der Waals surface area contributed by atoms with Crippen molar-refractivity contribution >= 4 is 35.1 Å². The van der Waals surface area contributed by atoms with E-state index < -0.39 is 0 Å². The summed E-state index contributed by atoms with van der Waals surface area (Å²) >= 11 is 7.81. The predicted molar refractivity (Wildman–Crippen MR) is 100 cm³/mol. The molecule has 2 heterocycles. The van der Waals surface area contributed by atoms with Crippen LogP contribution in [-0.2, 0) is 4.79 Å². The van der Waals surface area contributed by atoms with Crippen molar-refractivity contribution in [2.24, 2.45) is 5.92 Å². The lowest BCUT2D eigenvalue weighted by atomic mass is 9.81. The first-order valence-corrected chi connectivity index (χ1v) is 9.81. The Labute approximate surface area is 155 Å². The summed E-state index contributed by atoms with van der Waals surface area (Å²) in [5.41, 5.74) is 2.73. The molecule has 2 aromatic rings. The van der Waals surface area contributed by atoms with Gasteiger partial charge >= 0.3 is 0 Å². The van der Waals surface area contributed by atoms with Crippen molar-refractivity contribution in [3.63, 3.8) is 0 Å². The number of hydrogen-bond acceptors (Lipinski definition) is 5. The SMILES string of the molecule is CCSc1nc2n(n1)[C@H](c1cccc(Cl)c1)C1=C(C[C@H](C)CC1=O)N2. The zero-order chi connectivity index (χ0) is 17.6. The van der Waals surface area contributed by atoms with Gasteiger partial charge in [0.25, 0.3) is 0 Å². The highest BCUT2D eigenvalue weighted by Crippen LogP contribution is 2.42. The standard InChI is InChI=1S/C18H19ClN4OS/c1-3-25-18-21-17-20-13-7-10(2)8-14(24)15(13)16(23(17)22-18)11-5-4-6-12(19)9-11/h4-6,9-10,16H,3,7-8H2,1-2H3,(H,20,21,22)/t10-,16+/m0/s1. The van der Waals surface area contributed by atoms with Gasteiger partial charge in [0.2, 0.25) is 11.1 Å². The third-order valence-electron chi connectivity index (χ3n) is 4.54. The van der Waals surface area contributed by atoms with E-state index in [1.165, 1.54) is 0 Å². The maximum Gasteiger partial charge on any atom is 0.227 e. The van der Waals surface area contributed by atoms with Gasteiger partial charge in [0.05, 0.1) is 0 Å². The van der Waals surface area contributed by atoms with E-state index in [0.29, 0.717) is 23.3 Å². The van der Waals surface area contributed by atoms with Crippen molar-refractivity contribution in [2.45, 2.75) is 37.9 Å². The van der Waals surface area contributed by atoms with Crippen LogP contribution in [-0.4, -0.2) is 26.3 Å². The number of nitrogens with zero attached hydrogens (tertiary/aromatic N) is 3. The van der Waals surface area contributed by atoms with E-state index in [9.17, 15) is 4.79 Å². The van der Waals surface area contributed by atoms with Gasteiger partial charge in [-0.2, -0.15) is 4.98 Å². The van der Waals surface area contributed by atoms with Crippen molar-refractivity contribution in [1.82, 2.24) is 14.8 Å². The number of nitrogens with one attached hydrogen (secondary N) is 1. The maximum absolute atomic E-state index is 12.9. The summed E-state index contributed by atoms with van der Waals surface area (Å²) in [6.45, 7) is 4.18. The number of hydrogen-bond donors (Lipinski definition) is 1. The van der Waals surface area contributed by atoms with Gasteiger partial charge in [-0.05, 0) is 35.8 Å². The Morgan fingerprint density at radius 3 is 3.00 bits per heavy atom. The predicted octanol–water partition coefficient (Wildman–Crippen LogP) is 4.31. The minimum absolute atomic E-state index is 0.178. The van der Waals surface area contributed by atoms with Crippen molar-refractivity contribution in [3.05, 3.63) is 46.1 Å². The average Bonchev–Trinajstić information content (AvgIpc) is 2.95. The lowest BCUT2D eigenvalue weighted by Crippen LogP contribution is -2.33. The van der Waals surface area contributed by atoms with E-state index in [2.05, 4.69) is 29.2 Å². The summed E-state index contributed by atoms with van der Waals surface area (Å²) < 4.78 is 1.83. The van der Waals surface area contributed by atoms with E-state index in [1.54, 1.807) is 11.8 Å². The molecule has 5 nitrogen and oxygen atoms in total. The molecule has 1 aliphatic carbocycles. The van der Waals surface area contributed by atoms with Gasteiger partial charge in [-0.25, -0.2) is 4.68 Å². The molecule has 0 fully saturated rings. The quantitative estimate of drug-likeness (QED) is 0.811. The summed E-state index contributed by atoms with van der Waals surface area (Å²) in [4.78, 5) is 17.5. The molecule has 7 heteroatoms. The average molecular weight is 375 g/mol. The monoisotopic (exact) mass is 374 g/mol. The fourth-order valence-corrected chi connectivity index (χ4v) is 4.32. The second-order valence-corrected chi connectivity index (χ2v) is 8.17. The molecule has 130 valence electrons. The molecule has 0 unspecified atom stereocenters. The number of aromatic nitrogens is 3. The summed E-state index contributed by atoms with van der Waals surface area (Å²) in [5, 5.41) is 9.38. The van der Waals surface area contributed by atoms with Crippen LogP contribution in [0.25, 0.3) is 0 Å². The number of anilines is 1. The molecule has 4 rings (SSSR count). The molecule has 1 N–H and O–H groups in total. The maximum atomic E-state index is 12.9. The van der Waals surface area contributed by atoms with Gasteiger partial charge in [-0.3, -0.25) is 4.79 Å². The van der Waals surface area contributed by atoms with Gasteiger partial charge < -0.3 is 5.32 Å². The van der Waals surface area contributed by atoms with Crippen LogP contribution in [0.5, 0.6) is 0 Å². The lowest BCUT2D eigenvalue weighted by Gasteiger charge is -2.34. The van der Waals surface area contributed by atoms with Gasteiger partial charge in [-0.1, -0.05) is 49.3 Å². The molecule has 0 radical (unpaired) electrons. The first-order valence-electron chi connectivity index (χ1n) is 8.45. The van der Waals surface area contributed by atoms with Crippen molar-refractivity contribution < 1.29 is 4.79 Å². The number of fused-ring (bicyclic) bond motifs is 1. The highest BCUT2D eigenvalue weighted by atomic mass is 35.5. The van der Waals surface area contributed by atoms with E-state index in [4.69, 9.17) is 11.6 Å². The second-order valence-electron chi connectivity index (χ2n) is 6.51. The van der Waals surface area contributed by atoms with Crippen LogP contribution >= 0.6 is 23.4 Å².